The van der Waals surface area contributed by atoms with Crippen LogP contribution >= 0.6 is 0 Å². The minimum absolute atomic E-state index is 0.0735. The third-order valence-electron chi connectivity index (χ3n) is 12.3. The summed E-state index contributed by atoms with van der Waals surface area (Å²) in [7, 11) is 3.44. The van der Waals surface area contributed by atoms with Crippen molar-refractivity contribution in [1.82, 2.24) is 43.6 Å². The smallest absolute Gasteiger partial charge is 0.274 e. The first kappa shape index (κ1) is 42.6. The second-order valence-corrected chi connectivity index (χ2v) is 16.9. The molecule has 4 aliphatic rings. The standard InChI is InChI=1S/C22H25FN6O3.C21H24FN7O3/c1-24-20-10-19(26-16-3-2-6-28(22(16)32)17-9-15(17)23)27-21-14(11-25-29(20)21)18(31)8-12-4-5-13(30)7-12;1-23-18-9-17(26-15-3-2-6-28(21(15)32)16-8-14(16)22)27-19-13(10-24-29(18)19)20(31)25-11-4-5-12(30)7-11/h2-3,6,10-13,15,17,24,30H,4-5,7-9H2,1H3,(H,26,27);2-3,6,9-12,14,16,23,30H,4-5,7-8H2,1H3,(H,25,31)(H,26,27)/t12-,13+,15-,17-;11-,12+,14+,16+/m01/s1. The molecule has 64 heavy (non-hydrogen) atoms. The Morgan fingerprint density at radius 3 is 1.69 bits per heavy atom. The van der Waals surface area contributed by atoms with Gasteiger partial charge in [0.2, 0.25) is 0 Å². The van der Waals surface area contributed by atoms with Crippen LogP contribution in [0.1, 0.15) is 90.6 Å². The molecule has 6 heterocycles. The van der Waals surface area contributed by atoms with Gasteiger partial charge >= 0.3 is 0 Å². The molecule has 4 aliphatic carbocycles. The third kappa shape index (κ3) is 8.64. The molecule has 0 unspecified atom stereocenters. The molecule has 0 aromatic carbocycles. The minimum Gasteiger partial charge on any atom is -0.393 e. The molecular formula is C43H49F2N13O6. The normalized spacial score (nSPS) is 24.5. The summed E-state index contributed by atoms with van der Waals surface area (Å²) in [5.74, 6) is 1.63. The average Bonchev–Trinajstić information content (AvgIpc) is 3.79. The van der Waals surface area contributed by atoms with Gasteiger partial charge in [-0.3, -0.25) is 19.2 Å². The Labute approximate surface area is 363 Å². The lowest BCUT2D eigenvalue weighted by Gasteiger charge is -2.13. The number of nitrogens with one attached hydrogen (secondary N) is 5. The van der Waals surface area contributed by atoms with Crippen molar-refractivity contribution < 1.29 is 28.6 Å². The molecule has 19 nitrogen and oxygen atoms in total. The van der Waals surface area contributed by atoms with Gasteiger partial charge in [0.05, 0.1) is 42.2 Å². The van der Waals surface area contributed by atoms with E-state index in [0.29, 0.717) is 78.7 Å². The number of pyridine rings is 2. The van der Waals surface area contributed by atoms with E-state index in [-0.39, 0.29) is 57.8 Å². The predicted molar refractivity (Wildman–Crippen MR) is 234 cm³/mol. The van der Waals surface area contributed by atoms with Crippen molar-refractivity contribution >= 4 is 57.6 Å². The molecule has 0 aliphatic heterocycles. The lowest BCUT2D eigenvalue weighted by atomic mass is 9.98. The first-order valence-corrected chi connectivity index (χ1v) is 21.5. The largest absolute Gasteiger partial charge is 0.393 e. The molecule has 6 aromatic heterocycles. The summed E-state index contributed by atoms with van der Waals surface area (Å²) in [5, 5.41) is 43.0. The lowest BCUT2D eigenvalue weighted by Crippen LogP contribution is -2.33. The Morgan fingerprint density at radius 1 is 0.719 bits per heavy atom. The van der Waals surface area contributed by atoms with Crippen LogP contribution in [0.3, 0.4) is 0 Å². The third-order valence-corrected chi connectivity index (χ3v) is 12.3. The zero-order chi connectivity index (χ0) is 44.8. The highest BCUT2D eigenvalue weighted by Gasteiger charge is 2.41. The van der Waals surface area contributed by atoms with Crippen LogP contribution in [-0.2, 0) is 0 Å². The van der Waals surface area contributed by atoms with Gasteiger partial charge in [-0.05, 0) is 68.7 Å². The fourth-order valence-electron chi connectivity index (χ4n) is 8.61. The van der Waals surface area contributed by atoms with Gasteiger partial charge in [0.1, 0.15) is 52.6 Å². The van der Waals surface area contributed by atoms with Crippen LogP contribution in [0.15, 0.2) is 70.8 Å². The molecule has 0 bridgehead atoms. The van der Waals surface area contributed by atoms with Gasteiger partial charge in [-0.2, -0.15) is 19.2 Å². The van der Waals surface area contributed by atoms with Gasteiger partial charge in [0.25, 0.3) is 17.0 Å². The second-order valence-electron chi connectivity index (χ2n) is 16.9. The number of carbonyl (C=O) groups excluding carboxylic acids is 2. The maximum atomic E-state index is 13.5. The average molecular weight is 882 g/mol. The zero-order valence-electron chi connectivity index (χ0n) is 35.1. The Bertz CT molecular complexity index is 2670. The van der Waals surface area contributed by atoms with Gasteiger partial charge in [0.15, 0.2) is 17.1 Å². The maximum Gasteiger partial charge on any atom is 0.274 e. The van der Waals surface area contributed by atoms with Crippen molar-refractivity contribution in [3.63, 3.8) is 0 Å². The van der Waals surface area contributed by atoms with Crippen LogP contribution in [0.4, 0.5) is 43.4 Å². The number of carbonyl (C=O) groups is 2. The van der Waals surface area contributed by atoms with E-state index in [1.165, 1.54) is 26.0 Å². The molecule has 1 amide bonds. The van der Waals surface area contributed by atoms with Crippen LogP contribution in [0.5, 0.6) is 0 Å². The highest BCUT2D eigenvalue weighted by Crippen LogP contribution is 2.39. The highest BCUT2D eigenvalue weighted by molar-refractivity contribution is 6.02. The monoisotopic (exact) mass is 881 g/mol. The van der Waals surface area contributed by atoms with Gasteiger partial charge in [0, 0.05) is 63.9 Å². The van der Waals surface area contributed by atoms with E-state index in [4.69, 9.17) is 0 Å². The fraction of sp³-hybridized carbons (Fsp3) is 0.442. The molecule has 0 radical (unpaired) electrons. The first-order chi connectivity index (χ1) is 30.9. The van der Waals surface area contributed by atoms with E-state index in [9.17, 15) is 38.2 Å². The summed E-state index contributed by atoms with van der Waals surface area (Å²) >= 11 is 0. The van der Waals surface area contributed by atoms with Crippen molar-refractivity contribution in [2.75, 3.05) is 35.4 Å². The molecule has 336 valence electrons. The number of aliphatic hydroxyl groups is 2. The number of aromatic nitrogens is 8. The Hall–Kier alpha value is -6.74. The summed E-state index contributed by atoms with van der Waals surface area (Å²) in [6.45, 7) is 0. The van der Waals surface area contributed by atoms with Gasteiger partial charge in [-0.1, -0.05) is 0 Å². The molecule has 10 rings (SSSR count). The van der Waals surface area contributed by atoms with E-state index in [1.54, 1.807) is 67.4 Å². The number of fused-ring (bicyclic) bond motifs is 2. The molecule has 0 spiro atoms. The summed E-state index contributed by atoms with van der Waals surface area (Å²) in [6, 6.07) is 9.02. The SMILES string of the molecule is CNc1cc(Nc2cccn([C@H]3C[C@@H]3F)c2=O)nc2c(C(=O)C[C@H]3CC[C@@H](O)C3)cnn12.CNc1cc(Nc2cccn([C@H]3C[C@@H]3F)c2=O)nc2c(C(=O)N[C@@H]3CC[C@H](O)C3)cnn12. The molecule has 21 heteroatoms. The summed E-state index contributed by atoms with van der Waals surface area (Å²) in [4.78, 5) is 60.4. The number of Topliss-reactive ketones (excluding diaryl/α,β-unsaturated/α-hetero) is 1. The molecule has 4 fully saturated rings. The van der Waals surface area contributed by atoms with Crippen molar-refractivity contribution in [1.29, 1.82) is 0 Å². The van der Waals surface area contributed by atoms with Gasteiger partial charge < -0.3 is 45.9 Å². The minimum atomic E-state index is -0.998. The Kier molecular flexibility index (Phi) is 11.6. The van der Waals surface area contributed by atoms with Crippen LogP contribution in [0.25, 0.3) is 11.3 Å². The van der Waals surface area contributed by atoms with E-state index in [1.807, 2.05) is 0 Å². The van der Waals surface area contributed by atoms with Crippen LogP contribution in [0.2, 0.25) is 0 Å². The lowest BCUT2D eigenvalue weighted by molar-refractivity contribution is 0.0932. The molecular weight excluding hydrogens is 833 g/mol. The van der Waals surface area contributed by atoms with Crippen LogP contribution < -0.4 is 37.7 Å². The Balaban J connectivity index is 0.000000162. The number of ketones is 1. The number of anilines is 6. The second kappa shape index (κ2) is 17.4. The van der Waals surface area contributed by atoms with Crippen molar-refractivity contribution in [2.45, 2.75) is 100 Å². The fourth-order valence-corrected chi connectivity index (χ4v) is 8.61. The molecule has 7 N–H and O–H groups in total. The Morgan fingerprint density at radius 2 is 1.22 bits per heavy atom. The number of aliphatic hydroxyl groups excluding tert-OH is 2. The van der Waals surface area contributed by atoms with E-state index in [0.717, 1.165) is 19.3 Å². The predicted octanol–water partition coefficient (Wildman–Crippen LogP) is 4.30. The molecule has 8 atom stereocenters. The quantitative estimate of drug-likeness (QED) is 0.0802. The molecule has 0 saturated heterocycles. The van der Waals surface area contributed by atoms with E-state index in [2.05, 4.69) is 46.7 Å². The van der Waals surface area contributed by atoms with Crippen molar-refractivity contribution in [3.8, 4) is 0 Å². The van der Waals surface area contributed by atoms with Gasteiger partial charge in [-0.25, -0.2) is 18.7 Å². The van der Waals surface area contributed by atoms with Crippen molar-refractivity contribution in [2.24, 2.45) is 5.92 Å². The summed E-state index contributed by atoms with van der Waals surface area (Å²) in [6.07, 6.45) is 8.49. The number of alkyl halides is 2. The van der Waals surface area contributed by atoms with Crippen LogP contribution in [0, 0.1) is 5.92 Å². The number of amides is 1. The maximum absolute atomic E-state index is 13.5. The highest BCUT2D eigenvalue weighted by atomic mass is 19.1. The zero-order valence-corrected chi connectivity index (χ0v) is 35.1. The van der Waals surface area contributed by atoms with E-state index < -0.39 is 30.5 Å². The number of nitrogens with zero attached hydrogens (tertiary/aromatic N) is 8. The van der Waals surface area contributed by atoms with Gasteiger partial charge in [-0.15, -0.1) is 0 Å². The number of hydrogen-bond donors (Lipinski definition) is 7. The molecule has 6 aromatic rings. The number of hydrogen-bond acceptors (Lipinski definition) is 14. The van der Waals surface area contributed by atoms with E-state index >= 15 is 0 Å². The number of rotatable bonds is 13. The van der Waals surface area contributed by atoms with Crippen molar-refractivity contribution in [3.05, 3.63) is 93.0 Å². The first-order valence-electron chi connectivity index (χ1n) is 21.5. The summed E-state index contributed by atoms with van der Waals surface area (Å²) < 4.78 is 32.8. The summed E-state index contributed by atoms with van der Waals surface area (Å²) in [5.41, 5.74) is 1.26. The topological polar surface area (TPSA) is 239 Å². The van der Waals surface area contributed by atoms with Crippen LogP contribution in [-0.4, -0.2) is 105 Å². The number of halogens is 2. The molecule has 4 saturated carbocycles.